The summed E-state index contributed by atoms with van der Waals surface area (Å²) in [5, 5.41) is 3.67. The SMILES string of the molecule is CCNC(=O)[C@@H](Cc1ccccc1)N(Cc1ccc(Cl)c(Cl)c1)C(=O)CN(c1cc(Cl)ccc1OC)S(=O)(=O)c1ccccc1. The molecule has 0 saturated heterocycles. The summed E-state index contributed by atoms with van der Waals surface area (Å²) in [6.45, 7) is 1.38. The fraction of sp³-hybridized carbons (Fsp3) is 0.212. The Hall–Kier alpha value is -3.76. The third-order valence-corrected chi connectivity index (χ3v) is 9.73. The van der Waals surface area contributed by atoms with Crippen LogP contribution in [0.3, 0.4) is 0 Å². The number of anilines is 1. The molecule has 236 valence electrons. The van der Waals surface area contributed by atoms with Crippen molar-refractivity contribution < 1.29 is 22.7 Å². The van der Waals surface area contributed by atoms with Crippen LogP contribution in [0.2, 0.25) is 15.1 Å². The number of amides is 2. The number of sulfonamides is 1. The first-order valence-corrected chi connectivity index (χ1v) is 16.6. The zero-order valence-electron chi connectivity index (χ0n) is 24.6. The first-order chi connectivity index (χ1) is 21.5. The molecule has 4 aromatic carbocycles. The van der Waals surface area contributed by atoms with Gasteiger partial charge in [0.1, 0.15) is 18.3 Å². The third kappa shape index (κ3) is 8.49. The maximum atomic E-state index is 14.5. The average Bonchev–Trinajstić information content (AvgIpc) is 3.04. The molecule has 0 saturated carbocycles. The van der Waals surface area contributed by atoms with E-state index in [1.165, 1.54) is 36.3 Å². The van der Waals surface area contributed by atoms with Gasteiger partial charge in [-0.3, -0.25) is 13.9 Å². The van der Waals surface area contributed by atoms with E-state index in [0.717, 1.165) is 9.87 Å². The first kappa shape index (κ1) is 34.1. The molecule has 0 heterocycles. The molecule has 0 aromatic heterocycles. The van der Waals surface area contributed by atoms with Crippen LogP contribution in [-0.2, 0) is 32.6 Å². The van der Waals surface area contributed by atoms with Crippen molar-refractivity contribution in [1.29, 1.82) is 0 Å². The van der Waals surface area contributed by atoms with Gasteiger partial charge in [0.15, 0.2) is 0 Å². The smallest absolute Gasteiger partial charge is 0.264 e. The molecule has 0 aliphatic rings. The number of hydrogen-bond donors (Lipinski definition) is 1. The minimum atomic E-state index is -4.32. The second-order valence-electron chi connectivity index (χ2n) is 10.0. The number of carbonyl (C=O) groups excluding carboxylic acids is 2. The van der Waals surface area contributed by atoms with Gasteiger partial charge in [-0.15, -0.1) is 0 Å². The molecule has 0 aliphatic carbocycles. The number of halogens is 3. The first-order valence-electron chi connectivity index (χ1n) is 14.0. The Kier molecular flexibility index (Phi) is 11.7. The third-order valence-electron chi connectivity index (χ3n) is 6.98. The summed E-state index contributed by atoms with van der Waals surface area (Å²) in [4.78, 5) is 29.4. The molecule has 4 aromatic rings. The van der Waals surface area contributed by atoms with Gasteiger partial charge in [0, 0.05) is 24.5 Å². The highest BCUT2D eigenvalue weighted by Gasteiger charge is 2.35. The van der Waals surface area contributed by atoms with Gasteiger partial charge in [-0.25, -0.2) is 8.42 Å². The summed E-state index contributed by atoms with van der Waals surface area (Å²) in [5.41, 5.74) is 1.47. The van der Waals surface area contributed by atoms with Crippen LogP contribution in [0, 0.1) is 0 Å². The van der Waals surface area contributed by atoms with Crippen molar-refractivity contribution in [3.8, 4) is 5.75 Å². The zero-order valence-corrected chi connectivity index (χ0v) is 27.7. The highest BCUT2D eigenvalue weighted by atomic mass is 35.5. The Morgan fingerprint density at radius 3 is 2.13 bits per heavy atom. The van der Waals surface area contributed by atoms with Crippen molar-refractivity contribution in [2.75, 3.05) is 24.5 Å². The van der Waals surface area contributed by atoms with E-state index in [2.05, 4.69) is 5.32 Å². The fourth-order valence-corrected chi connectivity index (χ4v) is 6.70. The molecule has 0 radical (unpaired) electrons. The number of methoxy groups -OCH3 is 1. The number of nitrogens with zero attached hydrogens (tertiary/aromatic N) is 2. The monoisotopic (exact) mass is 687 g/mol. The van der Waals surface area contributed by atoms with Crippen molar-refractivity contribution in [3.05, 3.63) is 123 Å². The summed E-state index contributed by atoms with van der Waals surface area (Å²) in [6.07, 6.45) is 0.172. The summed E-state index contributed by atoms with van der Waals surface area (Å²) in [5.74, 6) is -0.852. The topological polar surface area (TPSA) is 96.0 Å². The molecule has 1 N–H and O–H groups in total. The highest BCUT2D eigenvalue weighted by Crippen LogP contribution is 2.35. The quantitative estimate of drug-likeness (QED) is 0.170. The molecule has 0 spiro atoms. The van der Waals surface area contributed by atoms with Crippen LogP contribution in [0.5, 0.6) is 5.75 Å². The van der Waals surface area contributed by atoms with Crippen LogP contribution in [0.15, 0.2) is 102 Å². The molecule has 2 amide bonds. The number of carbonyl (C=O) groups is 2. The lowest BCUT2D eigenvalue weighted by molar-refractivity contribution is -0.140. The molecule has 0 bridgehead atoms. The Morgan fingerprint density at radius 2 is 1.51 bits per heavy atom. The van der Waals surface area contributed by atoms with E-state index in [0.29, 0.717) is 17.1 Å². The number of likely N-dealkylation sites (N-methyl/N-ethyl adjacent to an activating group) is 1. The van der Waals surface area contributed by atoms with Crippen LogP contribution in [0.25, 0.3) is 0 Å². The van der Waals surface area contributed by atoms with Crippen molar-refractivity contribution in [3.63, 3.8) is 0 Å². The summed E-state index contributed by atoms with van der Waals surface area (Å²) in [7, 11) is -2.93. The van der Waals surface area contributed by atoms with Crippen molar-refractivity contribution in [1.82, 2.24) is 10.2 Å². The molecule has 1 atom stereocenters. The summed E-state index contributed by atoms with van der Waals surface area (Å²) in [6, 6.07) is 25.4. The van der Waals surface area contributed by atoms with Crippen LogP contribution in [-0.4, -0.2) is 51.4 Å². The van der Waals surface area contributed by atoms with Gasteiger partial charge >= 0.3 is 0 Å². The lowest BCUT2D eigenvalue weighted by Crippen LogP contribution is -2.53. The maximum Gasteiger partial charge on any atom is 0.264 e. The molecule has 12 heteroatoms. The van der Waals surface area contributed by atoms with E-state index in [1.807, 2.05) is 30.3 Å². The van der Waals surface area contributed by atoms with E-state index in [4.69, 9.17) is 39.5 Å². The molecular weight excluding hydrogens is 657 g/mol. The molecule has 4 rings (SSSR count). The van der Waals surface area contributed by atoms with Gasteiger partial charge in [-0.1, -0.05) is 89.4 Å². The van der Waals surface area contributed by atoms with Gasteiger partial charge < -0.3 is 15.0 Å². The second-order valence-corrected chi connectivity index (χ2v) is 13.1. The minimum absolute atomic E-state index is 0.0413. The number of nitrogens with one attached hydrogen (secondary N) is 1. The minimum Gasteiger partial charge on any atom is -0.495 e. The number of hydrogen-bond acceptors (Lipinski definition) is 5. The van der Waals surface area contributed by atoms with Crippen LogP contribution in [0.4, 0.5) is 5.69 Å². The number of rotatable bonds is 13. The van der Waals surface area contributed by atoms with E-state index in [1.54, 1.807) is 49.4 Å². The predicted octanol–water partition coefficient (Wildman–Crippen LogP) is 6.63. The molecule has 8 nitrogen and oxygen atoms in total. The van der Waals surface area contributed by atoms with Gasteiger partial charge in [0.2, 0.25) is 11.8 Å². The fourth-order valence-electron chi connectivity index (χ4n) is 4.77. The number of ether oxygens (including phenoxy) is 1. The van der Waals surface area contributed by atoms with Gasteiger partial charge in [0.25, 0.3) is 10.0 Å². The Labute approximate surface area is 278 Å². The van der Waals surface area contributed by atoms with E-state index in [9.17, 15) is 18.0 Å². The van der Waals surface area contributed by atoms with Gasteiger partial charge in [-0.05, 0) is 60.5 Å². The zero-order chi connectivity index (χ0) is 32.6. The summed E-state index contributed by atoms with van der Waals surface area (Å²) >= 11 is 18.8. The Bertz CT molecular complexity index is 1740. The van der Waals surface area contributed by atoms with Crippen LogP contribution in [0.1, 0.15) is 18.1 Å². The largest absolute Gasteiger partial charge is 0.495 e. The lowest BCUT2D eigenvalue weighted by atomic mass is 10.0. The van der Waals surface area contributed by atoms with Gasteiger partial charge in [0.05, 0.1) is 27.7 Å². The Balaban J connectivity index is 1.85. The van der Waals surface area contributed by atoms with Crippen LogP contribution >= 0.6 is 34.8 Å². The second kappa shape index (κ2) is 15.5. The van der Waals surface area contributed by atoms with E-state index >= 15 is 0 Å². The van der Waals surface area contributed by atoms with Crippen molar-refractivity contribution >= 4 is 62.3 Å². The molecule has 0 fully saturated rings. The molecule has 0 aliphatic heterocycles. The standard InChI is InChI=1S/C33H32Cl3N3O5S/c1-3-37-33(41)30(19-23-10-6-4-7-11-23)38(21-24-14-16-27(35)28(36)18-24)32(40)22-39(29-20-25(34)15-17-31(29)44-2)45(42,43)26-12-8-5-9-13-26/h4-18,20,30H,3,19,21-22H2,1-2H3,(H,37,41)/t30-/m1/s1. The molecule has 0 unspecified atom stereocenters. The van der Waals surface area contributed by atoms with E-state index in [-0.39, 0.29) is 39.3 Å². The normalized spacial score (nSPS) is 11.8. The Morgan fingerprint density at radius 1 is 0.844 bits per heavy atom. The predicted molar refractivity (Wildman–Crippen MR) is 179 cm³/mol. The average molecular weight is 689 g/mol. The van der Waals surface area contributed by atoms with E-state index < -0.39 is 34.4 Å². The highest BCUT2D eigenvalue weighted by molar-refractivity contribution is 7.92. The molecular formula is C33H32Cl3N3O5S. The number of benzene rings is 4. The van der Waals surface area contributed by atoms with Gasteiger partial charge in [-0.2, -0.15) is 0 Å². The van der Waals surface area contributed by atoms with Crippen LogP contribution < -0.4 is 14.4 Å². The maximum absolute atomic E-state index is 14.5. The lowest BCUT2D eigenvalue weighted by Gasteiger charge is -2.34. The van der Waals surface area contributed by atoms with Crippen molar-refractivity contribution in [2.24, 2.45) is 0 Å². The molecule has 45 heavy (non-hydrogen) atoms. The van der Waals surface area contributed by atoms with Crippen molar-refractivity contribution in [2.45, 2.75) is 30.8 Å². The summed E-state index contributed by atoms with van der Waals surface area (Å²) < 4.78 is 34.7.